The van der Waals surface area contributed by atoms with Crippen molar-refractivity contribution in [2.45, 2.75) is 26.0 Å². The maximum absolute atomic E-state index is 9.78. The van der Waals surface area contributed by atoms with Gasteiger partial charge in [0.05, 0.1) is 0 Å². The molecule has 0 unspecified atom stereocenters. The summed E-state index contributed by atoms with van der Waals surface area (Å²) in [4.78, 5) is 0. The van der Waals surface area contributed by atoms with Crippen molar-refractivity contribution in [3.63, 3.8) is 0 Å². The van der Waals surface area contributed by atoms with Gasteiger partial charge in [-0.25, -0.2) is 0 Å². The topological polar surface area (TPSA) is 20.2 Å². The van der Waals surface area contributed by atoms with Gasteiger partial charge in [0.1, 0.15) is 5.75 Å². The SMILES string of the molecule is [2H]C([2H])([2H])C(C)(c1cc(Br)ccc1O)C([2H])([2H])[2H]. The van der Waals surface area contributed by atoms with E-state index in [1.807, 2.05) is 0 Å². The third-order valence-electron chi connectivity index (χ3n) is 1.50. The van der Waals surface area contributed by atoms with Gasteiger partial charge in [0.2, 0.25) is 0 Å². The molecule has 0 saturated carbocycles. The van der Waals surface area contributed by atoms with E-state index in [0.717, 1.165) is 6.92 Å². The molecule has 0 atom stereocenters. The number of phenolic OH excluding ortho intramolecular Hbond substituents is 1. The molecule has 0 amide bonds. The summed E-state index contributed by atoms with van der Waals surface area (Å²) in [7, 11) is 0. The van der Waals surface area contributed by atoms with Gasteiger partial charge >= 0.3 is 0 Å². The van der Waals surface area contributed by atoms with E-state index >= 15 is 0 Å². The highest BCUT2D eigenvalue weighted by Gasteiger charge is 2.17. The van der Waals surface area contributed by atoms with Crippen LogP contribution in [0.4, 0.5) is 0 Å². The van der Waals surface area contributed by atoms with Gasteiger partial charge < -0.3 is 5.11 Å². The van der Waals surface area contributed by atoms with Crippen molar-refractivity contribution in [1.82, 2.24) is 0 Å². The molecule has 0 aliphatic rings. The quantitative estimate of drug-likeness (QED) is 0.730. The van der Waals surface area contributed by atoms with Crippen LogP contribution in [0.5, 0.6) is 5.75 Å². The second-order valence-corrected chi connectivity index (χ2v) is 3.70. The van der Waals surface area contributed by atoms with E-state index in [-0.39, 0.29) is 11.3 Å². The van der Waals surface area contributed by atoms with Crippen molar-refractivity contribution in [3.8, 4) is 5.75 Å². The zero-order valence-corrected chi connectivity index (χ0v) is 8.14. The van der Waals surface area contributed by atoms with Crippen molar-refractivity contribution >= 4 is 15.9 Å². The Morgan fingerprint density at radius 3 is 2.75 bits per heavy atom. The van der Waals surface area contributed by atoms with Gasteiger partial charge in [0.15, 0.2) is 0 Å². The zero-order chi connectivity index (χ0) is 14.4. The fourth-order valence-electron chi connectivity index (χ4n) is 0.909. The monoisotopic (exact) mass is 234 g/mol. The first-order valence-corrected chi connectivity index (χ1v) is 4.19. The van der Waals surface area contributed by atoms with Crippen LogP contribution >= 0.6 is 15.9 Å². The molecule has 1 nitrogen and oxygen atoms in total. The molecule has 12 heavy (non-hydrogen) atoms. The van der Waals surface area contributed by atoms with Crippen molar-refractivity contribution in [1.29, 1.82) is 0 Å². The Hall–Kier alpha value is -0.500. The number of hydrogen-bond donors (Lipinski definition) is 1. The number of halogens is 1. The highest BCUT2D eigenvalue weighted by molar-refractivity contribution is 9.10. The average molecular weight is 235 g/mol. The van der Waals surface area contributed by atoms with E-state index in [1.54, 1.807) is 0 Å². The molecule has 0 radical (unpaired) electrons. The summed E-state index contributed by atoms with van der Waals surface area (Å²) in [5.41, 5.74) is -2.25. The summed E-state index contributed by atoms with van der Waals surface area (Å²) in [6, 6.07) is 4.11. The third-order valence-corrected chi connectivity index (χ3v) is 1.99. The van der Waals surface area contributed by atoms with Crippen molar-refractivity contribution in [2.24, 2.45) is 0 Å². The number of aromatic hydroxyl groups is 1. The van der Waals surface area contributed by atoms with E-state index in [1.165, 1.54) is 18.2 Å². The lowest BCUT2D eigenvalue weighted by molar-refractivity contribution is 0.446. The minimum Gasteiger partial charge on any atom is -0.508 e. The molecule has 0 aliphatic carbocycles. The molecule has 0 fully saturated rings. The van der Waals surface area contributed by atoms with E-state index in [2.05, 4.69) is 15.9 Å². The highest BCUT2D eigenvalue weighted by atomic mass is 79.9. The number of phenols is 1. The molecule has 66 valence electrons. The average Bonchev–Trinajstić information content (AvgIpc) is 2.17. The predicted octanol–water partition coefficient (Wildman–Crippen LogP) is 3.45. The minimum atomic E-state index is -2.77. The molecular formula is C10H13BrO. The molecule has 1 aromatic carbocycles. The maximum atomic E-state index is 9.78. The summed E-state index contributed by atoms with van der Waals surface area (Å²) >= 11 is 3.14. The molecule has 0 aromatic heterocycles. The van der Waals surface area contributed by atoms with E-state index in [0.29, 0.717) is 4.47 Å². The van der Waals surface area contributed by atoms with Crippen LogP contribution in [0, 0.1) is 0 Å². The van der Waals surface area contributed by atoms with Crippen LogP contribution in [0.25, 0.3) is 0 Å². The van der Waals surface area contributed by atoms with Crippen LogP contribution in [-0.4, -0.2) is 5.11 Å². The van der Waals surface area contributed by atoms with Gasteiger partial charge in [0.25, 0.3) is 0 Å². The Balaban J connectivity index is 3.61. The van der Waals surface area contributed by atoms with Gasteiger partial charge in [-0.15, -0.1) is 0 Å². The number of rotatable bonds is 0. The lowest BCUT2D eigenvalue weighted by atomic mass is 9.86. The standard InChI is InChI=1S/C10H13BrO/c1-10(2,3)8-6-7(11)4-5-9(8)12/h4-6,12H,1-3H3/i1D3,2D3. The molecule has 2 heteroatoms. The molecule has 0 spiro atoms. The predicted molar refractivity (Wildman–Crippen MR) is 54.5 cm³/mol. The van der Waals surface area contributed by atoms with Crippen molar-refractivity contribution in [2.75, 3.05) is 0 Å². The molecule has 0 bridgehead atoms. The Bertz CT molecular complexity index is 437. The van der Waals surface area contributed by atoms with E-state index < -0.39 is 19.1 Å². The van der Waals surface area contributed by atoms with Crippen LogP contribution in [0.3, 0.4) is 0 Å². The molecule has 0 saturated heterocycles. The summed E-state index contributed by atoms with van der Waals surface area (Å²) in [6.07, 6.45) is 0. The van der Waals surface area contributed by atoms with E-state index in [4.69, 9.17) is 8.22 Å². The summed E-state index contributed by atoms with van der Waals surface area (Å²) in [5.74, 6) is -0.340. The Kier molecular flexibility index (Phi) is 1.07. The third kappa shape index (κ3) is 2.01. The van der Waals surface area contributed by atoms with Crippen LogP contribution in [0.1, 0.15) is 34.4 Å². The van der Waals surface area contributed by atoms with E-state index in [9.17, 15) is 5.11 Å². The largest absolute Gasteiger partial charge is 0.508 e. The Labute approximate surface area is 90.0 Å². The Morgan fingerprint density at radius 1 is 1.50 bits per heavy atom. The summed E-state index contributed by atoms with van der Waals surface area (Å²) in [5, 5.41) is 9.78. The second-order valence-electron chi connectivity index (χ2n) is 2.79. The van der Waals surface area contributed by atoms with Crippen LogP contribution in [-0.2, 0) is 5.41 Å². The van der Waals surface area contributed by atoms with Gasteiger partial charge in [-0.2, -0.15) is 0 Å². The first-order chi connectivity index (χ1) is 7.91. The summed E-state index contributed by atoms with van der Waals surface area (Å²) in [6.45, 7) is -4.42. The zero-order valence-electron chi connectivity index (χ0n) is 12.6. The minimum absolute atomic E-state index is 0.114. The normalized spacial score (nSPS) is 21.2. The van der Waals surface area contributed by atoms with Gasteiger partial charge in [0, 0.05) is 18.3 Å². The fraction of sp³-hybridized carbons (Fsp3) is 0.400. The molecular weight excluding hydrogens is 216 g/mol. The second kappa shape index (κ2) is 3.09. The molecule has 1 aromatic rings. The lowest BCUT2D eigenvalue weighted by Crippen LogP contribution is -2.11. The number of hydrogen-bond acceptors (Lipinski definition) is 1. The van der Waals surface area contributed by atoms with Crippen LogP contribution in [0.2, 0.25) is 0 Å². The number of benzene rings is 1. The first-order valence-electron chi connectivity index (χ1n) is 6.40. The highest BCUT2D eigenvalue weighted by Crippen LogP contribution is 2.32. The van der Waals surface area contributed by atoms with Gasteiger partial charge in [-0.1, -0.05) is 36.6 Å². The van der Waals surface area contributed by atoms with Crippen LogP contribution in [0.15, 0.2) is 22.7 Å². The molecule has 0 aliphatic heterocycles. The summed E-state index contributed by atoms with van der Waals surface area (Å²) < 4.78 is 45.5. The lowest BCUT2D eigenvalue weighted by Gasteiger charge is -2.20. The van der Waals surface area contributed by atoms with Crippen molar-refractivity contribution in [3.05, 3.63) is 28.2 Å². The first kappa shape index (κ1) is 4.14. The maximum Gasteiger partial charge on any atom is 0.119 e. The van der Waals surface area contributed by atoms with Gasteiger partial charge in [-0.05, 0) is 23.6 Å². The van der Waals surface area contributed by atoms with Gasteiger partial charge in [-0.3, -0.25) is 0 Å². The fourth-order valence-corrected chi connectivity index (χ4v) is 1.27. The van der Waals surface area contributed by atoms with Crippen LogP contribution < -0.4 is 0 Å². The molecule has 1 rings (SSSR count). The molecule has 1 N–H and O–H groups in total. The molecule has 0 heterocycles. The smallest absolute Gasteiger partial charge is 0.119 e. The van der Waals surface area contributed by atoms with Crippen molar-refractivity contribution < 1.29 is 13.3 Å². The Morgan fingerprint density at radius 2 is 2.17 bits per heavy atom.